The molecule has 1 aliphatic carbocycles. The van der Waals surface area contributed by atoms with Gasteiger partial charge in [0.05, 0.1) is 11.3 Å². The molecule has 0 radical (unpaired) electrons. The zero-order valence-corrected chi connectivity index (χ0v) is 15.3. The third-order valence-corrected chi connectivity index (χ3v) is 5.54. The van der Waals surface area contributed by atoms with E-state index >= 15 is 0 Å². The predicted octanol–water partition coefficient (Wildman–Crippen LogP) is 4.12. The van der Waals surface area contributed by atoms with Crippen LogP contribution in [0.5, 0.6) is 0 Å². The Hall–Kier alpha value is -2.60. The van der Waals surface area contributed by atoms with Gasteiger partial charge in [-0.1, -0.05) is 43.4 Å². The van der Waals surface area contributed by atoms with Crippen molar-refractivity contribution in [3.05, 3.63) is 64.5 Å². The van der Waals surface area contributed by atoms with Gasteiger partial charge in [-0.05, 0) is 49.4 Å². The lowest BCUT2D eigenvalue weighted by Crippen LogP contribution is -2.45. The number of amides is 1. The summed E-state index contributed by atoms with van der Waals surface area (Å²) < 4.78 is 0. The fraction of sp³-hybridized carbons (Fsp3) is 0.391. The van der Waals surface area contributed by atoms with Gasteiger partial charge in [-0.2, -0.15) is 0 Å². The third-order valence-electron chi connectivity index (χ3n) is 5.54. The predicted molar refractivity (Wildman–Crippen MR) is 103 cm³/mol. The van der Waals surface area contributed by atoms with E-state index in [1.807, 2.05) is 30.3 Å². The minimum atomic E-state index is 0.157. The van der Waals surface area contributed by atoms with Gasteiger partial charge in [0, 0.05) is 24.6 Å². The summed E-state index contributed by atoms with van der Waals surface area (Å²) in [7, 11) is 0. The Morgan fingerprint density at radius 3 is 2.65 bits per heavy atom. The molecule has 2 aliphatic rings. The van der Waals surface area contributed by atoms with Crippen LogP contribution in [0.15, 0.2) is 36.4 Å². The fourth-order valence-electron chi connectivity index (χ4n) is 4.02. The van der Waals surface area contributed by atoms with Gasteiger partial charge in [0.2, 0.25) is 0 Å². The molecule has 26 heavy (non-hydrogen) atoms. The molecular weight excluding hydrogens is 320 g/mol. The maximum atomic E-state index is 12.9. The Morgan fingerprint density at radius 2 is 1.85 bits per heavy atom. The zero-order valence-electron chi connectivity index (χ0n) is 15.3. The van der Waals surface area contributed by atoms with E-state index in [0.29, 0.717) is 6.04 Å². The first-order valence-corrected chi connectivity index (χ1v) is 9.61. The van der Waals surface area contributed by atoms with Crippen molar-refractivity contribution in [2.24, 2.45) is 0 Å². The quantitative estimate of drug-likeness (QED) is 0.729. The second-order valence-corrected chi connectivity index (χ2v) is 7.30. The smallest absolute Gasteiger partial charge is 0.255 e. The molecule has 2 heterocycles. The van der Waals surface area contributed by atoms with Gasteiger partial charge in [-0.25, -0.2) is 4.98 Å². The van der Waals surface area contributed by atoms with Crippen molar-refractivity contribution in [2.75, 3.05) is 6.54 Å². The molecule has 132 valence electrons. The summed E-state index contributed by atoms with van der Waals surface area (Å²) in [5.41, 5.74) is 4.59. The van der Waals surface area contributed by atoms with Crippen molar-refractivity contribution in [1.29, 1.82) is 0 Å². The Morgan fingerprint density at radius 1 is 1.04 bits per heavy atom. The number of carbonyl (C=O) groups excluding carboxylic acids is 1. The molecule has 1 aromatic carbocycles. The second-order valence-electron chi connectivity index (χ2n) is 7.30. The molecule has 1 saturated carbocycles. The third kappa shape index (κ3) is 3.37. The highest BCUT2D eigenvalue weighted by molar-refractivity contribution is 5.96. The van der Waals surface area contributed by atoms with E-state index in [1.165, 1.54) is 19.3 Å². The highest BCUT2D eigenvalue weighted by Gasteiger charge is 2.31. The van der Waals surface area contributed by atoms with Crippen LogP contribution in [0.2, 0.25) is 0 Å². The van der Waals surface area contributed by atoms with Gasteiger partial charge in [-0.3, -0.25) is 4.79 Å². The van der Waals surface area contributed by atoms with E-state index in [9.17, 15) is 4.79 Å². The number of carbonyl (C=O) groups is 1. The molecule has 0 N–H and O–H groups in total. The van der Waals surface area contributed by atoms with E-state index in [2.05, 4.69) is 34.7 Å². The molecule has 2 aromatic rings. The number of aromatic nitrogens is 1. The van der Waals surface area contributed by atoms with Crippen molar-refractivity contribution in [1.82, 2.24) is 9.88 Å². The maximum absolute atomic E-state index is 12.9. The molecule has 3 nitrogen and oxygen atoms in total. The molecule has 0 unspecified atom stereocenters. The van der Waals surface area contributed by atoms with Gasteiger partial charge in [0.25, 0.3) is 5.91 Å². The number of hydrogen-bond acceptors (Lipinski definition) is 2. The lowest BCUT2D eigenvalue weighted by Gasteiger charge is -2.37. The summed E-state index contributed by atoms with van der Waals surface area (Å²) in [6.07, 6.45) is 6.92. The largest absolute Gasteiger partial charge is 0.335 e. The van der Waals surface area contributed by atoms with Crippen LogP contribution in [0.4, 0.5) is 0 Å². The van der Waals surface area contributed by atoms with Crippen LogP contribution in [0.25, 0.3) is 0 Å². The summed E-state index contributed by atoms with van der Waals surface area (Å²) in [6, 6.07) is 12.3. The van der Waals surface area contributed by atoms with Crippen LogP contribution in [-0.2, 0) is 6.42 Å². The lowest BCUT2D eigenvalue weighted by atomic mass is 9.92. The van der Waals surface area contributed by atoms with E-state index in [1.54, 1.807) is 0 Å². The van der Waals surface area contributed by atoms with Gasteiger partial charge in [-0.15, -0.1) is 0 Å². The number of nitrogens with zero attached hydrogens (tertiary/aromatic N) is 2. The summed E-state index contributed by atoms with van der Waals surface area (Å²) in [6.45, 7) is 2.85. The van der Waals surface area contributed by atoms with E-state index in [4.69, 9.17) is 0 Å². The molecular formula is C23H24N2O. The number of benzene rings is 1. The average molecular weight is 344 g/mol. The first-order valence-electron chi connectivity index (χ1n) is 9.61. The topological polar surface area (TPSA) is 33.2 Å². The molecule has 0 spiro atoms. The Kier molecular flexibility index (Phi) is 4.75. The summed E-state index contributed by atoms with van der Waals surface area (Å²) in [4.78, 5) is 19.7. The van der Waals surface area contributed by atoms with Crippen LogP contribution < -0.4 is 0 Å². The average Bonchev–Trinajstić information content (AvgIpc) is 2.68. The monoisotopic (exact) mass is 344 g/mol. The van der Waals surface area contributed by atoms with Crippen molar-refractivity contribution in [3.63, 3.8) is 0 Å². The Labute approximate surface area is 155 Å². The normalized spacial score (nSPS) is 17.4. The standard InChI is InChI=1S/C23H24N2O/c1-17-7-5-6-8-18(17)11-12-19-13-14-21-22(24-19)15-16-25(23(21)26)20-9-3-2-4-10-20/h5-8,13-14,20H,2-4,9-10,15-16H2,1H3. The zero-order chi connectivity index (χ0) is 17.9. The maximum Gasteiger partial charge on any atom is 0.255 e. The summed E-state index contributed by atoms with van der Waals surface area (Å²) >= 11 is 0. The Balaban J connectivity index is 1.55. The lowest BCUT2D eigenvalue weighted by molar-refractivity contribution is 0.0612. The molecule has 0 saturated heterocycles. The Bertz CT molecular complexity index is 885. The number of rotatable bonds is 1. The molecule has 0 atom stereocenters. The molecule has 3 heteroatoms. The van der Waals surface area contributed by atoms with Gasteiger partial charge in [0.15, 0.2) is 0 Å². The highest BCUT2D eigenvalue weighted by atomic mass is 16.2. The van der Waals surface area contributed by atoms with E-state index in [-0.39, 0.29) is 5.91 Å². The van der Waals surface area contributed by atoms with Crippen LogP contribution in [0.1, 0.15) is 65.0 Å². The van der Waals surface area contributed by atoms with Crippen molar-refractivity contribution in [2.45, 2.75) is 51.5 Å². The SMILES string of the molecule is Cc1ccccc1C#Cc1ccc2c(n1)CCN(C1CCCCC1)C2=O. The molecule has 1 fully saturated rings. The minimum Gasteiger partial charge on any atom is -0.335 e. The van der Waals surface area contributed by atoms with Gasteiger partial charge < -0.3 is 4.90 Å². The van der Waals surface area contributed by atoms with E-state index in [0.717, 1.165) is 53.9 Å². The first-order chi connectivity index (χ1) is 12.7. The van der Waals surface area contributed by atoms with E-state index < -0.39 is 0 Å². The number of pyridine rings is 1. The minimum absolute atomic E-state index is 0.157. The summed E-state index contributed by atoms with van der Waals surface area (Å²) in [5, 5.41) is 0. The number of fused-ring (bicyclic) bond motifs is 1. The molecule has 4 rings (SSSR count). The summed E-state index contributed by atoms with van der Waals surface area (Å²) in [5.74, 6) is 6.51. The number of hydrogen-bond donors (Lipinski definition) is 0. The molecule has 1 amide bonds. The van der Waals surface area contributed by atoms with Crippen LogP contribution >= 0.6 is 0 Å². The van der Waals surface area contributed by atoms with Gasteiger partial charge >= 0.3 is 0 Å². The first kappa shape index (κ1) is 16.8. The molecule has 0 bridgehead atoms. The van der Waals surface area contributed by atoms with Crippen molar-refractivity contribution in [3.8, 4) is 11.8 Å². The molecule has 1 aromatic heterocycles. The van der Waals surface area contributed by atoms with Crippen molar-refractivity contribution < 1.29 is 4.79 Å². The van der Waals surface area contributed by atoms with Crippen LogP contribution in [-0.4, -0.2) is 28.4 Å². The van der Waals surface area contributed by atoms with Crippen LogP contribution in [0.3, 0.4) is 0 Å². The highest BCUT2D eigenvalue weighted by Crippen LogP contribution is 2.27. The molecule has 1 aliphatic heterocycles. The van der Waals surface area contributed by atoms with Crippen molar-refractivity contribution >= 4 is 5.91 Å². The van der Waals surface area contributed by atoms with Crippen LogP contribution in [0, 0.1) is 18.8 Å². The van der Waals surface area contributed by atoms with Gasteiger partial charge in [0.1, 0.15) is 5.69 Å². The number of aryl methyl sites for hydroxylation is 1. The fourth-order valence-corrected chi connectivity index (χ4v) is 4.02. The second kappa shape index (κ2) is 7.33.